The Bertz CT molecular complexity index is 423. The van der Waals surface area contributed by atoms with Crippen molar-refractivity contribution in [2.75, 3.05) is 6.54 Å². The number of aromatic nitrogens is 3. The van der Waals surface area contributed by atoms with Gasteiger partial charge in [0.05, 0.1) is 11.9 Å². The summed E-state index contributed by atoms with van der Waals surface area (Å²) in [5, 5.41) is 0. The van der Waals surface area contributed by atoms with Crippen LogP contribution in [0.1, 0.15) is 5.69 Å². The summed E-state index contributed by atoms with van der Waals surface area (Å²) in [5.74, 6) is 0. The number of imidazole rings is 1. The second-order valence-electron chi connectivity index (χ2n) is 2.69. The molecule has 0 bridgehead atoms. The van der Waals surface area contributed by atoms with Crippen LogP contribution in [0.5, 0.6) is 0 Å². The third-order valence-corrected chi connectivity index (χ3v) is 2.66. The monoisotopic (exact) mass is 240 g/mol. The maximum absolute atomic E-state index is 5.47. The van der Waals surface area contributed by atoms with Gasteiger partial charge in [-0.15, -0.1) is 0 Å². The highest BCUT2D eigenvalue weighted by atomic mass is 79.9. The Hall–Kier alpha value is -0.940. The van der Waals surface area contributed by atoms with Crippen LogP contribution < -0.4 is 5.73 Å². The van der Waals surface area contributed by atoms with Gasteiger partial charge in [0.2, 0.25) is 0 Å². The van der Waals surface area contributed by atoms with Crippen molar-refractivity contribution in [1.82, 2.24) is 14.4 Å². The quantitative estimate of drug-likeness (QED) is 0.853. The molecule has 0 aliphatic rings. The minimum Gasteiger partial charge on any atom is -0.330 e. The third-order valence-electron chi connectivity index (χ3n) is 1.82. The molecule has 2 heterocycles. The molecule has 2 N–H and O–H groups in total. The van der Waals surface area contributed by atoms with E-state index < -0.39 is 0 Å². The van der Waals surface area contributed by atoms with E-state index in [1.807, 2.05) is 10.6 Å². The summed E-state index contributed by atoms with van der Waals surface area (Å²) in [6.45, 7) is 0.607. The van der Waals surface area contributed by atoms with Gasteiger partial charge in [-0.2, -0.15) is 0 Å². The summed E-state index contributed by atoms with van der Waals surface area (Å²) in [4.78, 5) is 8.37. The first-order valence-corrected chi connectivity index (χ1v) is 4.78. The third kappa shape index (κ3) is 1.45. The Morgan fingerprint density at radius 3 is 3.08 bits per heavy atom. The molecule has 5 heteroatoms. The summed E-state index contributed by atoms with van der Waals surface area (Å²) in [6, 6.07) is 0. The van der Waals surface area contributed by atoms with Crippen LogP contribution in [-0.4, -0.2) is 20.9 Å². The lowest BCUT2D eigenvalue weighted by atomic mass is 10.3. The minimum atomic E-state index is 0.607. The molecule has 0 fully saturated rings. The number of rotatable bonds is 2. The average molecular weight is 241 g/mol. The van der Waals surface area contributed by atoms with Gasteiger partial charge in [0.25, 0.3) is 0 Å². The fraction of sp³-hybridized carbons (Fsp3) is 0.250. The van der Waals surface area contributed by atoms with Crippen molar-refractivity contribution in [1.29, 1.82) is 0 Å². The first kappa shape index (κ1) is 8.65. The van der Waals surface area contributed by atoms with E-state index in [-0.39, 0.29) is 0 Å². The molecule has 4 nitrogen and oxygen atoms in total. The van der Waals surface area contributed by atoms with Crippen LogP contribution in [0.15, 0.2) is 23.2 Å². The van der Waals surface area contributed by atoms with E-state index in [0.717, 1.165) is 22.4 Å². The fourth-order valence-electron chi connectivity index (χ4n) is 1.22. The van der Waals surface area contributed by atoms with E-state index in [4.69, 9.17) is 5.73 Å². The number of hydrogen-bond acceptors (Lipinski definition) is 3. The lowest BCUT2D eigenvalue weighted by Gasteiger charge is -1.93. The molecule has 0 radical (unpaired) electrons. The zero-order valence-electron chi connectivity index (χ0n) is 6.94. The van der Waals surface area contributed by atoms with Gasteiger partial charge in [-0.05, 0) is 22.5 Å². The van der Waals surface area contributed by atoms with E-state index >= 15 is 0 Å². The molecule has 0 atom stereocenters. The summed E-state index contributed by atoms with van der Waals surface area (Å²) in [5.41, 5.74) is 7.29. The molecule has 2 rings (SSSR count). The number of hydrogen-bond donors (Lipinski definition) is 1. The molecule has 0 aliphatic carbocycles. The topological polar surface area (TPSA) is 56.2 Å². The predicted octanol–water partition coefficient (Wildman–Crippen LogP) is 0.993. The van der Waals surface area contributed by atoms with Gasteiger partial charge in [0.15, 0.2) is 5.65 Å². The summed E-state index contributed by atoms with van der Waals surface area (Å²) in [6.07, 6.45) is 6.10. The summed E-state index contributed by atoms with van der Waals surface area (Å²) >= 11 is 3.47. The molecule has 0 saturated heterocycles. The van der Waals surface area contributed by atoms with Gasteiger partial charge in [-0.25, -0.2) is 4.98 Å². The van der Waals surface area contributed by atoms with Gasteiger partial charge in [0, 0.05) is 18.8 Å². The van der Waals surface area contributed by atoms with E-state index in [0.29, 0.717) is 6.54 Å². The molecule has 0 saturated carbocycles. The Morgan fingerprint density at radius 2 is 2.38 bits per heavy atom. The van der Waals surface area contributed by atoms with Crippen molar-refractivity contribution in [3.05, 3.63) is 28.9 Å². The van der Waals surface area contributed by atoms with Crippen LogP contribution >= 0.6 is 15.9 Å². The van der Waals surface area contributed by atoms with Crippen LogP contribution in [0.3, 0.4) is 0 Å². The standard InChI is InChI=1S/C8H9BrN4/c9-8-6(1-2-10)12-7-5-11-3-4-13(7)8/h3-5H,1-2,10H2. The molecular weight excluding hydrogens is 232 g/mol. The molecule has 0 aromatic carbocycles. The fourth-order valence-corrected chi connectivity index (χ4v) is 1.81. The molecule has 2 aromatic rings. The van der Waals surface area contributed by atoms with Crippen LogP contribution in [0.4, 0.5) is 0 Å². The molecule has 0 unspecified atom stereocenters. The molecule has 13 heavy (non-hydrogen) atoms. The van der Waals surface area contributed by atoms with Crippen molar-refractivity contribution in [2.24, 2.45) is 5.73 Å². The SMILES string of the molecule is NCCc1nc2cnccn2c1Br. The number of nitrogens with zero attached hydrogens (tertiary/aromatic N) is 3. The zero-order chi connectivity index (χ0) is 9.26. The maximum atomic E-state index is 5.47. The summed E-state index contributed by atoms with van der Waals surface area (Å²) in [7, 11) is 0. The second-order valence-corrected chi connectivity index (χ2v) is 3.44. The van der Waals surface area contributed by atoms with Crippen molar-refractivity contribution in [2.45, 2.75) is 6.42 Å². The molecule has 0 amide bonds. The first-order valence-electron chi connectivity index (χ1n) is 3.99. The van der Waals surface area contributed by atoms with Crippen LogP contribution in [0, 0.1) is 0 Å². The molecule has 68 valence electrons. The predicted molar refractivity (Wildman–Crippen MR) is 53.4 cm³/mol. The Labute approximate surface area is 83.9 Å². The normalized spacial score (nSPS) is 10.9. The minimum absolute atomic E-state index is 0.607. The number of halogens is 1. The highest BCUT2D eigenvalue weighted by Crippen LogP contribution is 2.17. The molecule has 2 aromatic heterocycles. The van der Waals surface area contributed by atoms with Gasteiger partial charge in [-0.1, -0.05) is 0 Å². The van der Waals surface area contributed by atoms with Crippen molar-refractivity contribution < 1.29 is 0 Å². The van der Waals surface area contributed by atoms with Crippen LogP contribution in [0.2, 0.25) is 0 Å². The average Bonchev–Trinajstić information content (AvgIpc) is 2.46. The van der Waals surface area contributed by atoms with E-state index in [1.165, 1.54) is 0 Å². The second kappa shape index (κ2) is 3.43. The highest BCUT2D eigenvalue weighted by molar-refractivity contribution is 9.10. The van der Waals surface area contributed by atoms with Gasteiger partial charge in [0.1, 0.15) is 4.60 Å². The highest BCUT2D eigenvalue weighted by Gasteiger charge is 2.07. The summed E-state index contributed by atoms with van der Waals surface area (Å²) < 4.78 is 2.91. The number of fused-ring (bicyclic) bond motifs is 1. The Balaban J connectivity index is 2.60. The van der Waals surface area contributed by atoms with Gasteiger partial charge >= 0.3 is 0 Å². The van der Waals surface area contributed by atoms with Gasteiger partial charge in [-0.3, -0.25) is 9.38 Å². The Kier molecular flexibility index (Phi) is 2.28. The van der Waals surface area contributed by atoms with E-state index in [1.54, 1.807) is 12.4 Å². The van der Waals surface area contributed by atoms with Crippen molar-refractivity contribution in [3.63, 3.8) is 0 Å². The Morgan fingerprint density at radius 1 is 1.54 bits per heavy atom. The smallest absolute Gasteiger partial charge is 0.156 e. The maximum Gasteiger partial charge on any atom is 0.156 e. The van der Waals surface area contributed by atoms with Crippen molar-refractivity contribution in [3.8, 4) is 0 Å². The molecule has 0 spiro atoms. The largest absolute Gasteiger partial charge is 0.330 e. The van der Waals surface area contributed by atoms with Crippen LogP contribution in [0.25, 0.3) is 5.65 Å². The lowest BCUT2D eigenvalue weighted by molar-refractivity contribution is 0.928. The molecular formula is C8H9BrN4. The first-order chi connectivity index (χ1) is 6.33. The van der Waals surface area contributed by atoms with Crippen LogP contribution in [-0.2, 0) is 6.42 Å². The lowest BCUT2D eigenvalue weighted by Crippen LogP contribution is -2.03. The number of nitrogens with two attached hydrogens (primary N) is 1. The van der Waals surface area contributed by atoms with E-state index in [2.05, 4.69) is 25.9 Å². The van der Waals surface area contributed by atoms with Crippen molar-refractivity contribution >= 4 is 21.6 Å². The van der Waals surface area contributed by atoms with E-state index in [9.17, 15) is 0 Å². The molecule has 0 aliphatic heterocycles. The van der Waals surface area contributed by atoms with Gasteiger partial charge < -0.3 is 5.73 Å². The zero-order valence-corrected chi connectivity index (χ0v) is 8.53.